The maximum Gasteiger partial charge on any atom is 0.130 e. The smallest absolute Gasteiger partial charge is 0.130 e. The standard InChI is InChI=1S/C10H9F2N3S/c1-6(14-10-5-13-15-16-10)8-4-7(11)2-3-9(8)12/h2-6,14H,1H3. The van der Waals surface area contributed by atoms with Gasteiger partial charge in [-0.3, -0.25) is 0 Å². The molecule has 0 spiro atoms. The molecule has 84 valence electrons. The zero-order valence-corrected chi connectivity index (χ0v) is 9.26. The van der Waals surface area contributed by atoms with Crippen molar-refractivity contribution >= 4 is 16.5 Å². The van der Waals surface area contributed by atoms with Crippen LogP contribution in [0.3, 0.4) is 0 Å². The fourth-order valence-electron chi connectivity index (χ4n) is 1.37. The number of benzene rings is 1. The van der Waals surface area contributed by atoms with Crippen molar-refractivity contribution in [3.8, 4) is 0 Å². The van der Waals surface area contributed by atoms with Crippen molar-refractivity contribution in [3.63, 3.8) is 0 Å². The SMILES string of the molecule is CC(Nc1cnns1)c1cc(F)ccc1F. The minimum Gasteiger partial charge on any atom is -0.368 e. The Morgan fingerprint density at radius 1 is 1.38 bits per heavy atom. The molecule has 3 nitrogen and oxygen atoms in total. The summed E-state index contributed by atoms with van der Waals surface area (Å²) in [5.41, 5.74) is 0.286. The average molecular weight is 241 g/mol. The number of aromatic nitrogens is 2. The second-order valence-electron chi connectivity index (χ2n) is 3.31. The Kier molecular flexibility index (Phi) is 3.09. The minimum absolute atomic E-state index is 0.286. The summed E-state index contributed by atoms with van der Waals surface area (Å²) in [7, 11) is 0. The predicted molar refractivity (Wildman–Crippen MR) is 58.3 cm³/mol. The summed E-state index contributed by atoms with van der Waals surface area (Å²) in [6.07, 6.45) is 1.54. The van der Waals surface area contributed by atoms with Gasteiger partial charge in [0.1, 0.15) is 16.6 Å². The van der Waals surface area contributed by atoms with Crippen LogP contribution in [-0.2, 0) is 0 Å². The zero-order valence-electron chi connectivity index (χ0n) is 8.45. The van der Waals surface area contributed by atoms with Gasteiger partial charge in [-0.05, 0) is 25.1 Å². The van der Waals surface area contributed by atoms with E-state index in [1.54, 1.807) is 13.1 Å². The number of nitrogens with one attached hydrogen (secondary N) is 1. The van der Waals surface area contributed by atoms with Gasteiger partial charge in [-0.25, -0.2) is 8.78 Å². The Morgan fingerprint density at radius 2 is 2.19 bits per heavy atom. The molecule has 2 aromatic rings. The molecule has 1 heterocycles. The number of halogens is 2. The lowest BCUT2D eigenvalue weighted by molar-refractivity contribution is 0.577. The molecule has 1 N–H and O–H groups in total. The molecule has 0 radical (unpaired) electrons. The molecule has 2 rings (SSSR count). The van der Waals surface area contributed by atoms with Gasteiger partial charge < -0.3 is 5.32 Å². The molecule has 0 saturated carbocycles. The lowest BCUT2D eigenvalue weighted by Crippen LogP contribution is -2.08. The van der Waals surface area contributed by atoms with Crippen LogP contribution in [0.2, 0.25) is 0 Å². The zero-order chi connectivity index (χ0) is 11.5. The topological polar surface area (TPSA) is 37.8 Å². The molecular formula is C10H9F2N3S. The van der Waals surface area contributed by atoms with Crippen molar-refractivity contribution in [1.82, 2.24) is 9.59 Å². The largest absolute Gasteiger partial charge is 0.368 e. The number of anilines is 1. The lowest BCUT2D eigenvalue weighted by Gasteiger charge is -2.14. The van der Waals surface area contributed by atoms with Gasteiger partial charge in [-0.15, -0.1) is 5.10 Å². The van der Waals surface area contributed by atoms with Crippen LogP contribution in [0.4, 0.5) is 13.8 Å². The summed E-state index contributed by atoms with van der Waals surface area (Å²) in [6, 6.07) is 3.06. The highest BCUT2D eigenvalue weighted by Crippen LogP contribution is 2.23. The molecule has 1 aromatic heterocycles. The summed E-state index contributed by atoms with van der Waals surface area (Å²) in [6.45, 7) is 1.75. The molecule has 0 amide bonds. The molecule has 0 aliphatic rings. The highest BCUT2D eigenvalue weighted by Gasteiger charge is 2.12. The van der Waals surface area contributed by atoms with E-state index in [4.69, 9.17) is 0 Å². The van der Waals surface area contributed by atoms with E-state index >= 15 is 0 Å². The van der Waals surface area contributed by atoms with Gasteiger partial charge in [-0.2, -0.15) is 0 Å². The van der Waals surface area contributed by atoms with Gasteiger partial charge in [0.2, 0.25) is 0 Å². The van der Waals surface area contributed by atoms with Crippen LogP contribution in [0, 0.1) is 11.6 Å². The van der Waals surface area contributed by atoms with E-state index in [-0.39, 0.29) is 11.6 Å². The molecular weight excluding hydrogens is 232 g/mol. The van der Waals surface area contributed by atoms with E-state index in [0.29, 0.717) is 0 Å². The number of nitrogens with zero attached hydrogens (tertiary/aromatic N) is 2. The summed E-state index contributed by atoms with van der Waals surface area (Å²) in [5.74, 6) is -0.883. The molecule has 1 atom stereocenters. The highest BCUT2D eigenvalue weighted by molar-refractivity contribution is 7.09. The van der Waals surface area contributed by atoms with Crippen LogP contribution < -0.4 is 5.32 Å². The van der Waals surface area contributed by atoms with Gasteiger partial charge in [0.25, 0.3) is 0 Å². The highest BCUT2D eigenvalue weighted by atomic mass is 32.1. The van der Waals surface area contributed by atoms with E-state index in [2.05, 4.69) is 14.9 Å². The van der Waals surface area contributed by atoms with Gasteiger partial charge in [0.15, 0.2) is 0 Å². The molecule has 6 heteroatoms. The number of hydrogen-bond donors (Lipinski definition) is 1. The predicted octanol–water partition coefficient (Wildman–Crippen LogP) is 2.99. The minimum atomic E-state index is -0.451. The number of hydrogen-bond acceptors (Lipinski definition) is 4. The molecule has 0 bridgehead atoms. The van der Waals surface area contributed by atoms with Crippen molar-refractivity contribution in [2.24, 2.45) is 0 Å². The van der Waals surface area contributed by atoms with E-state index in [1.165, 1.54) is 17.6 Å². The first-order chi connectivity index (χ1) is 7.66. The Labute approximate surface area is 95.3 Å². The summed E-state index contributed by atoms with van der Waals surface area (Å²) in [5, 5.41) is 7.36. The molecule has 0 fully saturated rings. The quantitative estimate of drug-likeness (QED) is 0.897. The molecule has 1 unspecified atom stereocenters. The maximum atomic E-state index is 13.4. The third kappa shape index (κ3) is 2.33. The van der Waals surface area contributed by atoms with E-state index in [9.17, 15) is 8.78 Å². The molecule has 0 saturated heterocycles. The summed E-state index contributed by atoms with van der Waals surface area (Å²) >= 11 is 1.17. The van der Waals surface area contributed by atoms with Crippen LogP contribution in [-0.4, -0.2) is 9.59 Å². The Balaban J connectivity index is 2.20. The number of rotatable bonds is 3. The molecule has 0 aliphatic heterocycles. The summed E-state index contributed by atoms with van der Waals surface area (Å²) < 4.78 is 30.1. The monoisotopic (exact) mass is 241 g/mol. The van der Waals surface area contributed by atoms with Crippen molar-refractivity contribution < 1.29 is 8.78 Å². The van der Waals surface area contributed by atoms with Crippen LogP contribution >= 0.6 is 11.5 Å². The van der Waals surface area contributed by atoms with Crippen LogP contribution in [0.25, 0.3) is 0 Å². The van der Waals surface area contributed by atoms with Crippen molar-refractivity contribution in [3.05, 3.63) is 41.6 Å². The average Bonchev–Trinajstić information content (AvgIpc) is 2.74. The van der Waals surface area contributed by atoms with Crippen LogP contribution in [0.5, 0.6) is 0 Å². The second-order valence-corrected chi connectivity index (χ2v) is 4.10. The Morgan fingerprint density at radius 3 is 2.88 bits per heavy atom. The second kappa shape index (κ2) is 4.52. The van der Waals surface area contributed by atoms with Gasteiger partial charge in [0, 0.05) is 17.1 Å². The third-order valence-electron chi connectivity index (χ3n) is 2.14. The molecule has 16 heavy (non-hydrogen) atoms. The van der Waals surface area contributed by atoms with Gasteiger partial charge in [-0.1, -0.05) is 4.49 Å². The molecule has 1 aromatic carbocycles. The third-order valence-corrected chi connectivity index (χ3v) is 2.74. The summed E-state index contributed by atoms with van der Waals surface area (Å²) in [4.78, 5) is 0. The first-order valence-corrected chi connectivity index (χ1v) is 5.43. The molecule has 0 aliphatic carbocycles. The van der Waals surface area contributed by atoms with Crippen molar-refractivity contribution in [1.29, 1.82) is 0 Å². The van der Waals surface area contributed by atoms with Crippen LogP contribution in [0.15, 0.2) is 24.4 Å². The van der Waals surface area contributed by atoms with E-state index < -0.39 is 11.6 Å². The normalized spacial score (nSPS) is 12.4. The Bertz CT molecular complexity index is 473. The van der Waals surface area contributed by atoms with E-state index in [1.807, 2.05) is 0 Å². The van der Waals surface area contributed by atoms with Crippen LogP contribution in [0.1, 0.15) is 18.5 Å². The fourth-order valence-corrected chi connectivity index (χ4v) is 1.87. The van der Waals surface area contributed by atoms with E-state index in [0.717, 1.165) is 17.1 Å². The van der Waals surface area contributed by atoms with Crippen molar-refractivity contribution in [2.45, 2.75) is 13.0 Å². The Hall–Kier alpha value is -1.56. The first-order valence-electron chi connectivity index (χ1n) is 4.65. The van der Waals surface area contributed by atoms with Crippen molar-refractivity contribution in [2.75, 3.05) is 5.32 Å². The first kappa shape index (κ1) is 10.9. The van der Waals surface area contributed by atoms with Gasteiger partial charge >= 0.3 is 0 Å². The van der Waals surface area contributed by atoms with Gasteiger partial charge in [0.05, 0.1) is 12.2 Å². The maximum absolute atomic E-state index is 13.4. The fraction of sp³-hybridized carbons (Fsp3) is 0.200. The lowest BCUT2D eigenvalue weighted by atomic mass is 10.1.